The van der Waals surface area contributed by atoms with E-state index in [-0.39, 0.29) is 12.1 Å². The third kappa shape index (κ3) is 6.47. The summed E-state index contributed by atoms with van der Waals surface area (Å²) in [6.07, 6.45) is 2.74. The van der Waals surface area contributed by atoms with Crippen LogP contribution in [0, 0.1) is 0 Å². The van der Waals surface area contributed by atoms with Gasteiger partial charge in [0.1, 0.15) is 5.60 Å². The van der Waals surface area contributed by atoms with Gasteiger partial charge in [0.15, 0.2) is 0 Å². The van der Waals surface area contributed by atoms with Gasteiger partial charge in [0.05, 0.1) is 12.7 Å². The second kappa shape index (κ2) is 7.49. The van der Waals surface area contributed by atoms with Gasteiger partial charge in [-0.05, 0) is 33.6 Å². The molecule has 1 unspecified atom stereocenters. The van der Waals surface area contributed by atoms with Crippen molar-refractivity contribution in [1.29, 1.82) is 0 Å². The zero-order chi connectivity index (χ0) is 13.5. The van der Waals surface area contributed by atoms with Crippen molar-refractivity contribution in [3.63, 3.8) is 0 Å². The minimum atomic E-state index is -0.455. The number of carbonyl (C=O) groups excluding carboxylic acids is 1. The fourth-order valence-electron chi connectivity index (χ4n) is 1.20. The number of esters is 1. The summed E-state index contributed by atoms with van der Waals surface area (Å²) in [5.74, 6) is -0.321. The molecule has 0 amide bonds. The van der Waals surface area contributed by atoms with Crippen LogP contribution in [0.25, 0.3) is 0 Å². The largest absolute Gasteiger partial charge is 0.456 e. The van der Waals surface area contributed by atoms with Gasteiger partial charge in [-0.3, -0.25) is 0 Å². The third-order valence-electron chi connectivity index (χ3n) is 3.04. The van der Waals surface area contributed by atoms with Crippen molar-refractivity contribution in [2.45, 2.75) is 65.6 Å². The maximum atomic E-state index is 11.5. The summed E-state index contributed by atoms with van der Waals surface area (Å²) in [7, 11) is 0. The molecule has 0 bridgehead atoms. The zero-order valence-corrected chi connectivity index (χ0v) is 11.8. The highest BCUT2D eigenvalue weighted by Crippen LogP contribution is 2.21. The van der Waals surface area contributed by atoms with Crippen LogP contribution in [0.1, 0.15) is 53.9 Å². The van der Waals surface area contributed by atoms with Crippen molar-refractivity contribution in [3.05, 3.63) is 12.2 Å². The molecule has 0 radical (unpaired) electrons. The fourth-order valence-corrected chi connectivity index (χ4v) is 1.20. The Morgan fingerprint density at radius 3 is 2.41 bits per heavy atom. The van der Waals surface area contributed by atoms with Gasteiger partial charge in [0.25, 0.3) is 0 Å². The highest BCUT2D eigenvalue weighted by Gasteiger charge is 2.26. The van der Waals surface area contributed by atoms with Crippen LogP contribution in [-0.4, -0.2) is 24.3 Å². The van der Waals surface area contributed by atoms with Crippen LogP contribution >= 0.6 is 0 Å². The number of hydrogen-bond donors (Lipinski definition) is 0. The Kier molecular flexibility index (Phi) is 7.12. The normalized spacial score (nSPS) is 16.1. The maximum absolute atomic E-state index is 11.5. The Hall–Kier alpha value is -0.830. The molecule has 0 aromatic rings. The molecule has 0 saturated carbocycles. The van der Waals surface area contributed by atoms with Crippen LogP contribution in [0.2, 0.25) is 0 Å². The summed E-state index contributed by atoms with van der Waals surface area (Å²) in [5.41, 5.74) is -0.0173. The quantitative estimate of drug-likeness (QED) is 0.483. The monoisotopic (exact) mass is 242 g/mol. The van der Waals surface area contributed by atoms with E-state index in [0.29, 0.717) is 18.6 Å². The average molecular weight is 242 g/mol. The molecule has 2 atom stereocenters. The number of ether oxygens (including phenoxy) is 2. The summed E-state index contributed by atoms with van der Waals surface area (Å²) in [6, 6.07) is 0. The Bertz CT molecular complexity index is 260. The Morgan fingerprint density at radius 2 is 2.00 bits per heavy atom. The highest BCUT2D eigenvalue weighted by atomic mass is 16.6. The molecular formula is C14H26O3. The first-order valence-corrected chi connectivity index (χ1v) is 6.35. The summed E-state index contributed by atoms with van der Waals surface area (Å²) < 4.78 is 11.1. The molecule has 3 nitrogen and oxygen atoms in total. The molecule has 0 aliphatic rings. The Labute approximate surface area is 105 Å². The molecule has 0 saturated heterocycles. The van der Waals surface area contributed by atoms with Crippen molar-refractivity contribution in [2.75, 3.05) is 6.61 Å². The first kappa shape index (κ1) is 16.2. The summed E-state index contributed by atoms with van der Waals surface area (Å²) >= 11 is 0. The highest BCUT2D eigenvalue weighted by molar-refractivity contribution is 5.87. The van der Waals surface area contributed by atoms with Crippen molar-refractivity contribution in [3.8, 4) is 0 Å². The van der Waals surface area contributed by atoms with Crippen LogP contribution in [0.4, 0.5) is 0 Å². The van der Waals surface area contributed by atoms with Crippen LogP contribution in [0.5, 0.6) is 0 Å². The standard InChI is InChI=1S/C14H26O3/c1-7-12(5)16-10-9-14(6,8-2)17-13(15)11(3)4/h12H,3,7-10H2,1-2,4-6H3/t12-,14?/m0/s1. The molecule has 100 valence electrons. The molecule has 0 aromatic heterocycles. The molecule has 3 heteroatoms. The Morgan fingerprint density at radius 1 is 1.41 bits per heavy atom. The molecular weight excluding hydrogens is 216 g/mol. The van der Waals surface area contributed by atoms with E-state index in [9.17, 15) is 4.79 Å². The number of rotatable bonds is 8. The van der Waals surface area contributed by atoms with E-state index >= 15 is 0 Å². The molecule has 0 aromatic carbocycles. The van der Waals surface area contributed by atoms with Gasteiger partial charge in [0, 0.05) is 12.0 Å². The zero-order valence-electron chi connectivity index (χ0n) is 11.8. The lowest BCUT2D eigenvalue weighted by atomic mass is 9.99. The summed E-state index contributed by atoms with van der Waals surface area (Å²) in [4.78, 5) is 11.5. The predicted octanol–water partition coefficient (Wildman–Crippen LogP) is 3.48. The van der Waals surface area contributed by atoms with Crippen molar-refractivity contribution in [1.82, 2.24) is 0 Å². The van der Waals surface area contributed by atoms with E-state index < -0.39 is 5.60 Å². The van der Waals surface area contributed by atoms with Crippen molar-refractivity contribution in [2.24, 2.45) is 0 Å². The molecule has 0 heterocycles. The van der Waals surface area contributed by atoms with Gasteiger partial charge >= 0.3 is 5.97 Å². The van der Waals surface area contributed by atoms with E-state index in [4.69, 9.17) is 9.47 Å². The van der Waals surface area contributed by atoms with Crippen LogP contribution in [0.15, 0.2) is 12.2 Å². The molecule has 17 heavy (non-hydrogen) atoms. The van der Waals surface area contributed by atoms with Crippen LogP contribution in [-0.2, 0) is 14.3 Å². The molecule has 0 aliphatic carbocycles. The van der Waals surface area contributed by atoms with Gasteiger partial charge in [-0.2, -0.15) is 0 Å². The van der Waals surface area contributed by atoms with Crippen LogP contribution < -0.4 is 0 Å². The third-order valence-corrected chi connectivity index (χ3v) is 3.04. The lowest BCUT2D eigenvalue weighted by Crippen LogP contribution is -2.33. The molecule has 0 N–H and O–H groups in total. The lowest BCUT2D eigenvalue weighted by molar-refractivity contribution is -0.155. The smallest absolute Gasteiger partial charge is 0.333 e. The SMILES string of the molecule is C=C(C)C(=O)OC(C)(CC)CCO[C@@H](C)CC. The first-order chi connectivity index (χ1) is 7.84. The topological polar surface area (TPSA) is 35.5 Å². The first-order valence-electron chi connectivity index (χ1n) is 6.35. The van der Waals surface area contributed by atoms with Gasteiger partial charge < -0.3 is 9.47 Å². The van der Waals surface area contributed by atoms with E-state index in [1.807, 2.05) is 20.8 Å². The molecule has 0 rings (SSSR count). The lowest BCUT2D eigenvalue weighted by Gasteiger charge is -2.29. The maximum Gasteiger partial charge on any atom is 0.333 e. The van der Waals surface area contributed by atoms with E-state index in [1.165, 1.54) is 0 Å². The predicted molar refractivity (Wildman–Crippen MR) is 69.9 cm³/mol. The summed E-state index contributed by atoms with van der Waals surface area (Å²) in [5, 5.41) is 0. The van der Waals surface area contributed by atoms with Gasteiger partial charge in [-0.15, -0.1) is 0 Å². The minimum Gasteiger partial charge on any atom is -0.456 e. The second-order valence-corrected chi connectivity index (χ2v) is 4.81. The number of hydrogen-bond acceptors (Lipinski definition) is 3. The number of carbonyl (C=O) groups is 1. The van der Waals surface area contributed by atoms with Gasteiger partial charge in [-0.1, -0.05) is 20.4 Å². The Balaban J connectivity index is 4.19. The van der Waals surface area contributed by atoms with Gasteiger partial charge in [0.2, 0.25) is 0 Å². The summed E-state index contributed by atoms with van der Waals surface area (Å²) in [6.45, 7) is 13.9. The van der Waals surface area contributed by atoms with Crippen LogP contribution in [0.3, 0.4) is 0 Å². The molecule has 0 aliphatic heterocycles. The average Bonchev–Trinajstić information content (AvgIpc) is 2.28. The van der Waals surface area contributed by atoms with Crippen molar-refractivity contribution < 1.29 is 14.3 Å². The molecule has 0 spiro atoms. The van der Waals surface area contributed by atoms with E-state index in [1.54, 1.807) is 6.92 Å². The minimum absolute atomic E-state index is 0.257. The van der Waals surface area contributed by atoms with E-state index in [2.05, 4.69) is 13.5 Å². The van der Waals surface area contributed by atoms with E-state index in [0.717, 1.165) is 12.8 Å². The second-order valence-electron chi connectivity index (χ2n) is 4.81. The van der Waals surface area contributed by atoms with Gasteiger partial charge in [-0.25, -0.2) is 4.79 Å². The fraction of sp³-hybridized carbons (Fsp3) is 0.786. The van der Waals surface area contributed by atoms with Crippen molar-refractivity contribution >= 4 is 5.97 Å². The molecule has 0 fully saturated rings.